The van der Waals surface area contributed by atoms with Gasteiger partial charge in [-0.3, -0.25) is 14.7 Å². The van der Waals surface area contributed by atoms with E-state index in [1.54, 1.807) is 0 Å². The van der Waals surface area contributed by atoms with Gasteiger partial charge < -0.3 is 4.74 Å². The van der Waals surface area contributed by atoms with Crippen molar-refractivity contribution in [2.24, 2.45) is 0 Å². The maximum absolute atomic E-state index is 7.15. The highest BCUT2D eigenvalue weighted by molar-refractivity contribution is 5.92. The normalized spacial score (nSPS) is 20.0. The first kappa shape index (κ1) is 20.0. The summed E-state index contributed by atoms with van der Waals surface area (Å²) in [4.78, 5) is 7.08. The third-order valence-corrected chi connectivity index (χ3v) is 6.90. The van der Waals surface area contributed by atoms with Gasteiger partial charge in [0, 0.05) is 17.1 Å². The van der Waals surface area contributed by atoms with Gasteiger partial charge in [0.05, 0.1) is 17.1 Å². The molecule has 0 N–H and O–H groups in total. The zero-order valence-electron chi connectivity index (χ0n) is 19.3. The molecule has 0 saturated carbocycles. The average molecular weight is 456 g/mol. The van der Waals surface area contributed by atoms with Crippen molar-refractivity contribution < 1.29 is 4.74 Å². The Morgan fingerprint density at radius 2 is 1.11 bits per heavy atom. The first-order chi connectivity index (χ1) is 17.4. The van der Waals surface area contributed by atoms with Gasteiger partial charge in [0.1, 0.15) is 0 Å². The molecule has 0 saturated heterocycles. The van der Waals surface area contributed by atoms with Crippen molar-refractivity contribution in [1.29, 1.82) is 0 Å². The largest absolute Gasteiger partial charge is 0.429 e. The Labute approximate surface area is 205 Å². The van der Waals surface area contributed by atoms with Crippen LogP contribution in [0.4, 0.5) is 28.4 Å². The number of hydrogen-bond acceptors (Lipinski definition) is 4. The molecule has 4 nitrogen and oxygen atoms in total. The SMILES string of the molecule is C1=CCCC(N2c3ccccc3N(c3ccccc3)C23Oc2ccccc2N3c2ccccc2)=C1. The van der Waals surface area contributed by atoms with E-state index in [1.807, 2.05) is 6.07 Å². The van der Waals surface area contributed by atoms with Crippen molar-refractivity contribution in [2.45, 2.75) is 18.8 Å². The molecule has 1 unspecified atom stereocenters. The predicted octanol–water partition coefficient (Wildman–Crippen LogP) is 7.72. The van der Waals surface area contributed by atoms with Crippen LogP contribution < -0.4 is 19.4 Å². The van der Waals surface area contributed by atoms with Crippen molar-refractivity contribution in [3.8, 4) is 5.75 Å². The minimum Gasteiger partial charge on any atom is -0.429 e. The van der Waals surface area contributed by atoms with Gasteiger partial charge in [-0.1, -0.05) is 72.8 Å². The number of nitrogens with zero attached hydrogens (tertiary/aromatic N) is 3. The molecule has 0 fully saturated rings. The third-order valence-electron chi connectivity index (χ3n) is 6.90. The topological polar surface area (TPSA) is 19.0 Å². The number of ether oxygens (including phenoxy) is 1. The van der Waals surface area contributed by atoms with Crippen LogP contribution in [0.15, 0.2) is 133 Å². The average Bonchev–Trinajstić information content (AvgIpc) is 3.41. The molecule has 3 aliphatic rings. The molecule has 0 bridgehead atoms. The van der Waals surface area contributed by atoms with Crippen molar-refractivity contribution >= 4 is 28.4 Å². The predicted molar refractivity (Wildman–Crippen MR) is 142 cm³/mol. The van der Waals surface area contributed by atoms with Gasteiger partial charge in [-0.2, -0.15) is 0 Å². The number of anilines is 5. The summed E-state index contributed by atoms with van der Waals surface area (Å²) in [5.41, 5.74) is 6.66. The molecule has 0 radical (unpaired) electrons. The Kier molecular flexibility index (Phi) is 4.46. The number of para-hydroxylation sites is 6. The van der Waals surface area contributed by atoms with E-state index in [1.165, 1.54) is 5.70 Å². The molecule has 1 spiro atoms. The molecule has 0 amide bonds. The summed E-state index contributed by atoms with van der Waals surface area (Å²) in [5.74, 6) is -0.116. The molecule has 1 aliphatic carbocycles. The van der Waals surface area contributed by atoms with Crippen molar-refractivity contribution in [2.75, 3.05) is 14.7 Å². The van der Waals surface area contributed by atoms with Gasteiger partial charge in [-0.05, 0) is 67.4 Å². The number of rotatable bonds is 3. The van der Waals surface area contributed by atoms with Gasteiger partial charge in [-0.15, -0.1) is 0 Å². The number of allylic oxidation sites excluding steroid dienone is 4. The first-order valence-electron chi connectivity index (χ1n) is 12.1. The van der Waals surface area contributed by atoms with E-state index >= 15 is 0 Å². The van der Waals surface area contributed by atoms with Crippen LogP contribution in [0.3, 0.4) is 0 Å². The van der Waals surface area contributed by atoms with E-state index in [-0.39, 0.29) is 0 Å². The van der Waals surface area contributed by atoms with Crippen LogP contribution in [0.2, 0.25) is 0 Å². The van der Waals surface area contributed by atoms with Crippen LogP contribution in [0.5, 0.6) is 5.75 Å². The zero-order valence-corrected chi connectivity index (χ0v) is 19.3. The maximum atomic E-state index is 7.15. The van der Waals surface area contributed by atoms with Crippen molar-refractivity contribution in [3.63, 3.8) is 0 Å². The van der Waals surface area contributed by atoms with Crippen LogP contribution in [0.25, 0.3) is 0 Å². The quantitative estimate of drug-likeness (QED) is 0.315. The van der Waals surface area contributed by atoms with E-state index < -0.39 is 5.97 Å². The lowest BCUT2D eigenvalue weighted by Crippen LogP contribution is -2.66. The molecule has 2 heterocycles. The molecule has 0 aromatic heterocycles. The second-order valence-electron chi connectivity index (χ2n) is 8.93. The summed E-state index contributed by atoms with van der Waals surface area (Å²) in [7, 11) is 0. The molecule has 4 aromatic rings. The molecular weight excluding hydrogens is 430 g/mol. The standard InChI is InChI=1S/C31H25N3O/c1-4-14-24(15-5-1)32-27-20-10-11-21-28(27)33(25-16-6-2-7-17-25)31(32)34(26-18-8-3-9-19-26)29-22-12-13-23-30(29)35-31/h1-6,8-16,18-23H,7,17H2. The molecule has 4 aromatic carbocycles. The minimum absolute atomic E-state index is 0.863. The summed E-state index contributed by atoms with van der Waals surface area (Å²) in [5, 5.41) is 0. The van der Waals surface area contributed by atoms with E-state index in [0.29, 0.717) is 0 Å². The highest BCUT2D eigenvalue weighted by atomic mass is 16.6. The van der Waals surface area contributed by atoms with Crippen LogP contribution >= 0.6 is 0 Å². The lowest BCUT2D eigenvalue weighted by molar-refractivity contribution is 0.114. The van der Waals surface area contributed by atoms with Crippen LogP contribution in [-0.2, 0) is 0 Å². The maximum Gasteiger partial charge on any atom is 0.367 e. The fourth-order valence-corrected chi connectivity index (χ4v) is 5.51. The number of benzene rings is 4. The molecule has 170 valence electrons. The minimum atomic E-state index is -0.979. The van der Waals surface area contributed by atoms with Gasteiger partial charge in [-0.25, -0.2) is 0 Å². The van der Waals surface area contributed by atoms with Gasteiger partial charge >= 0.3 is 5.97 Å². The zero-order chi connectivity index (χ0) is 23.2. The molecule has 35 heavy (non-hydrogen) atoms. The molecule has 4 heteroatoms. The summed E-state index contributed by atoms with van der Waals surface area (Å²) in [6.07, 6.45) is 8.56. The first-order valence-corrected chi connectivity index (χ1v) is 12.1. The monoisotopic (exact) mass is 455 g/mol. The molecule has 2 aliphatic heterocycles. The summed E-state index contributed by atoms with van der Waals surface area (Å²) < 4.78 is 7.15. The highest BCUT2D eigenvalue weighted by Gasteiger charge is 2.62. The van der Waals surface area contributed by atoms with Crippen LogP contribution in [0, 0.1) is 0 Å². The third kappa shape index (κ3) is 2.86. The summed E-state index contributed by atoms with van der Waals surface area (Å²) >= 11 is 0. The summed E-state index contributed by atoms with van der Waals surface area (Å²) in [6.45, 7) is 0. The number of hydrogen-bond donors (Lipinski definition) is 0. The second kappa shape index (κ2) is 7.81. The van der Waals surface area contributed by atoms with E-state index in [9.17, 15) is 0 Å². The van der Waals surface area contributed by atoms with E-state index in [0.717, 1.165) is 47.0 Å². The lowest BCUT2D eigenvalue weighted by atomic mass is 10.1. The van der Waals surface area contributed by atoms with Crippen LogP contribution in [0.1, 0.15) is 12.8 Å². The van der Waals surface area contributed by atoms with E-state index in [2.05, 4.69) is 136 Å². The Morgan fingerprint density at radius 3 is 1.74 bits per heavy atom. The fourth-order valence-electron chi connectivity index (χ4n) is 5.51. The van der Waals surface area contributed by atoms with Crippen molar-refractivity contribution in [3.05, 3.63) is 133 Å². The molecular formula is C31H25N3O. The van der Waals surface area contributed by atoms with Gasteiger partial charge in [0.2, 0.25) is 0 Å². The molecule has 1 atom stereocenters. The van der Waals surface area contributed by atoms with Crippen molar-refractivity contribution in [1.82, 2.24) is 0 Å². The smallest absolute Gasteiger partial charge is 0.367 e. The Hall–Kier alpha value is -4.44. The van der Waals surface area contributed by atoms with Gasteiger partial charge in [0.15, 0.2) is 5.75 Å². The Morgan fingerprint density at radius 1 is 0.571 bits per heavy atom. The lowest BCUT2D eigenvalue weighted by Gasteiger charge is -2.47. The fraction of sp³-hybridized carbons (Fsp3) is 0.0968. The summed E-state index contributed by atoms with van der Waals surface area (Å²) in [6, 6.07) is 38.1. The van der Waals surface area contributed by atoms with E-state index in [4.69, 9.17) is 4.74 Å². The second-order valence-corrected chi connectivity index (χ2v) is 8.93. The number of fused-ring (bicyclic) bond motifs is 2. The van der Waals surface area contributed by atoms with Crippen LogP contribution in [-0.4, -0.2) is 5.97 Å². The Bertz CT molecular complexity index is 1400. The molecule has 7 rings (SSSR count). The Balaban J connectivity index is 1.57. The van der Waals surface area contributed by atoms with Gasteiger partial charge in [0.25, 0.3) is 0 Å². The highest BCUT2D eigenvalue weighted by Crippen LogP contribution is 2.60.